The van der Waals surface area contributed by atoms with Gasteiger partial charge >= 0.3 is 5.69 Å². The molecule has 0 aliphatic carbocycles. The highest BCUT2D eigenvalue weighted by Gasteiger charge is 2.51. The minimum absolute atomic E-state index is 0.104. The highest BCUT2D eigenvalue weighted by Crippen LogP contribution is 2.36. The van der Waals surface area contributed by atoms with Crippen molar-refractivity contribution in [1.29, 1.82) is 0 Å². The number of aliphatic hydroxyl groups excluding tert-OH is 4. The number of hydrogen-bond donors (Lipinski definition) is 7. The van der Waals surface area contributed by atoms with Crippen molar-refractivity contribution >= 4 is 35.0 Å². The van der Waals surface area contributed by atoms with Crippen molar-refractivity contribution in [3.63, 3.8) is 0 Å². The summed E-state index contributed by atoms with van der Waals surface area (Å²) in [5.74, 6) is -3.64. The predicted molar refractivity (Wildman–Crippen MR) is 144 cm³/mol. The summed E-state index contributed by atoms with van der Waals surface area (Å²) >= 11 is 12.0. The molecule has 2 aliphatic rings. The first kappa shape index (κ1) is 31.7. The third-order valence-electron chi connectivity index (χ3n) is 6.76. The molecule has 0 bridgehead atoms. The van der Waals surface area contributed by atoms with Crippen molar-refractivity contribution in [3.05, 3.63) is 78.7 Å². The number of carbonyl (C=O) groups is 2. The smallest absolute Gasteiger partial charge is 0.330 e. The standard InChI is InChI=1S/C25H28Cl2N4O11/c26-11-2-1-10(13(27)7-11)3-5-29-22(38)15-8-14(33)18(36)24(40-15)42-20(21(28)37)19-12(9-32)17(35)23(41-19)31-6-4-16(34)30-25(31)39/h1-2,4,6-8,12,14,17-20,23-24,32-33,35-36H,3,5,9H2,(H2,28,37)(H,29,38)(H,30,34,39)/t12-,14-,17+,18-,19-,20+,23+,24+/m0/s1. The number of aromatic nitrogens is 2. The Balaban J connectivity index is 1.47. The highest BCUT2D eigenvalue weighted by molar-refractivity contribution is 6.35. The summed E-state index contributed by atoms with van der Waals surface area (Å²) < 4.78 is 17.5. The number of rotatable bonds is 10. The van der Waals surface area contributed by atoms with Crippen molar-refractivity contribution in [1.82, 2.24) is 14.9 Å². The Kier molecular flexibility index (Phi) is 10.1. The normalized spacial score (nSPS) is 28.0. The zero-order chi connectivity index (χ0) is 30.7. The van der Waals surface area contributed by atoms with E-state index in [-0.39, 0.29) is 6.54 Å². The van der Waals surface area contributed by atoms with Crippen LogP contribution in [0.5, 0.6) is 0 Å². The van der Waals surface area contributed by atoms with E-state index < -0.39 is 84.4 Å². The summed E-state index contributed by atoms with van der Waals surface area (Å²) in [6.45, 7) is -0.651. The molecule has 0 unspecified atom stereocenters. The molecule has 0 saturated carbocycles. The number of carbonyl (C=O) groups excluding carboxylic acids is 2. The third kappa shape index (κ3) is 6.85. The van der Waals surface area contributed by atoms with E-state index in [0.717, 1.165) is 22.9 Å². The summed E-state index contributed by atoms with van der Waals surface area (Å²) in [7, 11) is 0. The zero-order valence-corrected chi connectivity index (χ0v) is 23.1. The van der Waals surface area contributed by atoms with Gasteiger partial charge in [-0.25, -0.2) is 4.79 Å². The number of nitrogens with two attached hydrogens (primary N) is 1. The van der Waals surface area contributed by atoms with E-state index in [1.165, 1.54) is 0 Å². The Bertz CT molecular complexity index is 1460. The zero-order valence-electron chi connectivity index (χ0n) is 21.6. The number of ether oxygens (including phenoxy) is 3. The molecule has 1 fully saturated rings. The van der Waals surface area contributed by atoms with Gasteiger partial charge in [0.15, 0.2) is 18.1 Å². The number of benzene rings is 1. The van der Waals surface area contributed by atoms with Crippen molar-refractivity contribution in [2.75, 3.05) is 13.2 Å². The van der Waals surface area contributed by atoms with E-state index in [9.17, 15) is 39.6 Å². The van der Waals surface area contributed by atoms with Crippen LogP contribution >= 0.6 is 23.2 Å². The quantitative estimate of drug-likeness (QED) is 0.150. The van der Waals surface area contributed by atoms with E-state index in [0.29, 0.717) is 22.0 Å². The van der Waals surface area contributed by atoms with Gasteiger partial charge in [-0.15, -0.1) is 0 Å². The topological polar surface area (TPSA) is 236 Å². The lowest BCUT2D eigenvalue weighted by atomic mass is 9.94. The molecular weight excluding hydrogens is 603 g/mol. The summed E-state index contributed by atoms with van der Waals surface area (Å²) in [6.07, 6.45) is -9.34. The molecular formula is C25H28Cl2N4O11. The average molecular weight is 631 g/mol. The molecule has 2 aliphatic heterocycles. The summed E-state index contributed by atoms with van der Waals surface area (Å²) in [5, 5.41) is 45.0. The van der Waals surface area contributed by atoms with Crippen LogP contribution in [0.1, 0.15) is 11.8 Å². The number of nitrogens with zero attached hydrogens (tertiary/aromatic N) is 1. The van der Waals surface area contributed by atoms with Gasteiger partial charge in [-0.05, 0) is 30.2 Å². The maximum Gasteiger partial charge on any atom is 0.330 e. The fourth-order valence-corrected chi connectivity index (χ4v) is 5.08. The van der Waals surface area contributed by atoms with Crippen LogP contribution in [0.15, 0.2) is 51.9 Å². The van der Waals surface area contributed by atoms with E-state index in [1.807, 2.05) is 4.98 Å². The van der Waals surface area contributed by atoms with Crippen LogP contribution in [-0.4, -0.2) is 91.8 Å². The maximum atomic E-state index is 12.8. The molecule has 8 atom stereocenters. The van der Waals surface area contributed by atoms with Gasteiger partial charge in [-0.2, -0.15) is 0 Å². The largest absolute Gasteiger partial charge is 0.456 e. The maximum absolute atomic E-state index is 12.8. The first-order valence-corrected chi connectivity index (χ1v) is 13.3. The molecule has 17 heteroatoms. The lowest BCUT2D eigenvalue weighted by Crippen LogP contribution is -2.53. The van der Waals surface area contributed by atoms with Gasteiger partial charge in [-0.1, -0.05) is 29.3 Å². The predicted octanol–water partition coefficient (Wildman–Crippen LogP) is -2.10. The summed E-state index contributed by atoms with van der Waals surface area (Å²) in [4.78, 5) is 50.9. The van der Waals surface area contributed by atoms with E-state index in [2.05, 4.69) is 5.32 Å². The number of halogens is 2. The van der Waals surface area contributed by atoms with Crippen molar-refractivity contribution < 1.29 is 44.2 Å². The van der Waals surface area contributed by atoms with Gasteiger partial charge in [-0.3, -0.25) is 23.9 Å². The highest BCUT2D eigenvalue weighted by atomic mass is 35.5. The minimum Gasteiger partial charge on any atom is -0.456 e. The van der Waals surface area contributed by atoms with E-state index >= 15 is 0 Å². The van der Waals surface area contributed by atoms with Gasteiger partial charge < -0.3 is 45.7 Å². The molecule has 0 spiro atoms. The average Bonchev–Trinajstić information content (AvgIpc) is 3.25. The van der Waals surface area contributed by atoms with Crippen LogP contribution in [0.3, 0.4) is 0 Å². The summed E-state index contributed by atoms with van der Waals surface area (Å²) in [5.41, 5.74) is 4.58. The van der Waals surface area contributed by atoms with Gasteiger partial charge in [0, 0.05) is 34.8 Å². The lowest BCUT2D eigenvalue weighted by molar-refractivity contribution is -0.239. The molecule has 3 heterocycles. The Labute approximate surface area is 247 Å². The molecule has 0 radical (unpaired) electrons. The first-order valence-electron chi connectivity index (χ1n) is 12.6. The van der Waals surface area contributed by atoms with Gasteiger partial charge in [0.2, 0.25) is 12.2 Å². The molecule has 1 saturated heterocycles. The molecule has 8 N–H and O–H groups in total. The van der Waals surface area contributed by atoms with E-state index in [1.54, 1.807) is 18.2 Å². The van der Waals surface area contributed by atoms with E-state index in [4.69, 9.17) is 43.1 Å². The second kappa shape index (κ2) is 13.4. The van der Waals surface area contributed by atoms with Crippen LogP contribution in [-0.2, 0) is 30.2 Å². The number of primary amides is 1. The first-order chi connectivity index (χ1) is 19.9. The van der Waals surface area contributed by atoms with Crippen molar-refractivity contribution in [2.24, 2.45) is 11.7 Å². The summed E-state index contributed by atoms with van der Waals surface area (Å²) in [6, 6.07) is 5.89. The Hall–Kier alpha value is -3.28. The minimum atomic E-state index is -1.83. The Morgan fingerprint density at radius 1 is 1.17 bits per heavy atom. The van der Waals surface area contributed by atoms with Crippen LogP contribution in [0.4, 0.5) is 0 Å². The van der Waals surface area contributed by atoms with Crippen LogP contribution in [0, 0.1) is 5.92 Å². The fourth-order valence-electron chi connectivity index (χ4n) is 4.57. The molecule has 2 amide bonds. The molecule has 228 valence electrons. The van der Waals surface area contributed by atoms with Crippen LogP contribution < -0.4 is 22.3 Å². The second-order valence-electron chi connectivity index (χ2n) is 9.54. The van der Waals surface area contributed by atoms with Crippen LogP contribution in [0.25, 0.3) is 0 Å². The number of aromatic amines is 1. The second-order valence-corrected chi connectivity index (χ2v) is 10.4. The SMILES string of the molecule is NC(=O)[C@H](O[C@H]1OC(C(=O)NCCc2ccc(Cl)cc2Cl)=C[C@H](O)[C@@H]1O)[C@H]1O[C@@H](n2ccc(=O)[nH]c2=O)[C@H](O)[C@@H]1CO. The lowest BCUT2D eigenvalue weighted by Gasteiger charge is -2.35. The Morgan fingerprint density at radius 3 is 2.55 bits per heavy atom. The van der Waals surface area contributed by atoms with Gasteiger partial charge in [0.1, 0.15) is 24.4 Å². The Morgan fingerprint density at radius 2 is 1.90 bits per heavy atom. The number of nitrogens with one attached hydrogen (secondary N) is 2. The van der Waals surface area contributed by atoms with Crippen molar-refractivity contribution in [3.8, 4) is 0 Å². The van der Waals surface area contributed by atoms with Gasteiger partial charge in [0.25, 0.3) is 11.5 Å². The fraction of sp³-hybridized carbons (Fsp3) is 0.440. The van der Waals surface area contributed by atoms with Gasteiger partial charge in [0.05, 0.1) is 6.61 Å². The number of H-pyrrole nitrogens is 1. The molecule has 42 heavy (non-hydrogen) atoms. The molecule has 1 aromatic heterocycles. The number of aliphatic hydroxyl groups is 4. The molecule has 15 nitrogen and oxygen atoms in total. The monoisotopic (exact) mass is 630 g/mol. The van der Waals surface area contributed by atoms with Crippen molar-refractivity contribution in [2.45, 2.75) is 49.5 Å². The molecule has 2 aromatic rings. The third-order valence-corrected chi connectivity index (χ3v) is 7.34. The van der Waals surface area contributed by atoms with Crippen LogP contribution in [0.2, 0.25) is 10.0 Å². The number of amides is 2. The molecule has 1 aromatic carbocycles. The molecule has 4 rings (SSSR count). The number of hydrogen-bond acceptors (Lipinski definition) is 11.